The summed E-state index contributed by atoms with van der Waals surface area (Å²) in [5, 5.41) is 12.6. The van der Waals surface area contributed by atoms with Crippen molar-refractivity contribution in [3.63, 3.8) is 0 Å². The summed E-state index contributed by atoms with van der Waals surface area (Å²) in [5.41, 5.74) is 2.67. The monoisotopic (exact) mass is 381 g/mol. The second kappa shape index (κ2) is 8.58. The number of hydrogen-bond donors (Lipinski definition) is 2. The molecule has 1 aliphatic heterocycles. The molecule has 7 heteroatoms. The Kier molecular flexibility index (Phi) is 6.16. The van der Waals surface area contributed by atoms with E-state index in [0.29, 0.717) is 17.6 Å². The van der Waals surface area contributed by atoms with Gasteiger partial charge in [0.15, 0.2) is 0 Å². The van der Waals surface area contributed by atoms with Gasteiger partial charge < -0.3 is 19.7 Å². The van der Waals surface area contributed by atoms with Crippen LogP contribution in [0.2, 0.25) is 0 Å². The zero-order chi connectivity index (χ0) is 20.3. The Morgan fingerprint density at radius 1 is 1.14 bits per heavy atom. The molecule has 0 saturated carbocycles. The molecular formula is C21H24BNO5. The van der Waals surface area contributed by atoms with Crippen molar-refractivity contribution in [2.24, 2.45) is 5.92 Å². The number of nitrogens with one attached hydrogen (secondary N) is 1. The number of amides is 1. The average Bonchev–Trinajstić information content (AvgIpc) is 3.06. The van der Waals surface area contributed by atoms with E-state index in [2.05, 4.69) is 5.32 Å². The van der Waals surface area contributed by atoms with Crippen LogP contribution < -0.4 is 10.8 Å². The minimum Gasteiger partial charge on any atom is -0.456 e. The summed E-state index contributed by atoms with van der Waals surface area (Å²) in [7, 11) is -1.03. The van der Waals surface area contributed by atoms with E-state index in [1.165, 1.54) is 0 Å². The van der Waals surface area contributed by atoms with Gasteiger partial charge in [0.1, 0.15) is 12.1 Å². The molecule has 6 nitrogen and oxygen atoms in total. The molecule has 0 aliphatic carbocycles. The summed E-state index contributed by atoms with van der Waals surface area (Å²) in [6, 6.07) is 13.7. The van der Waals surface area contributed by atoms with Crippen molar-refractivity contribution >= 4 is 24.5 Å². The molecule has 0 radical (unpaired) electrons. The molecule has 28 heavy (non-hydrogen) atoms. The van der Waals surface area contributed by atoms with Gasteiger partial charge in [0, 0.05) is 5.56 Å². The number of benzene rings is 2. The van der Waals surface area contributed by atoms with Crippen molar-refractivity contribution in [3.8, 4) is 0 Å². The van der Waals surface area contributed by atoms with Gasteiger partial charge in [-0.15, -0.1) is 0 Å². The Balaban J connectivity index is 1.69. The highest BCUT2D eigenvalue weighted by atomic mass is 16.5. The third kappa shape index (κ3) is 4.43. The van der Waals surface area contributed by atoms with Gasteiger partial charge in [-0.3, -0.25) is 4.79 Å². The first-order valence-electron chi connectivity index (χ1n) is 9.35. The van der Waals surface area contributed by atoms with E-state index in [4.69, 9.17) is 9.39 Å². The molecule has 146 valence electrons. The smallest absolute Gasteiger partial charge is 0.456 e. The van der Waals surface area contributed by atoms with Gasteiger partial charge >= 0.3 is 13.1 Å². The highest BCUT2D eigenvalue weighted by Gasteiger charge is 2.30. The van der Waals surface area contributed by atoms with Crippen molar-refractivity contribution in [1.29, 1.82) is 0 Å². The first-order valence-corrected chi connectivity index (χ1v) is 9.35. The van der Waals surface area contributed by atoms with Crippen LogP contribution in [-0.2, 0) is 20.8 Å². The summed E-state index contributed by atoms with van der Waals surface area (Å²) in [6.45, 7) is 5.81. The fourth-order valence-electron chi connectivity index (χ4n) is 3.12. The van der Waals surface area contributed by atoms with Crippen LogP contribution in [0.4, 0.5) is 0 Å². The number of hydrogen-bond acceptors (Lipinski definition) is 5. The largest absolute Gasteiger partial charge is 0.491 e. The Labute approximate surface area is 165 Å². The maximum Gasteiger partial charge on any atom is 0.491 e. The second-order valence-electron chi connectivity index (χ2n) is 7.26. The molecule has 0 fully saturated rings. The third-order valence-electron chi connectivity index (χ3n) is 4.84. The lowest BCUT2D eigenvalue weighted by Crippen LogP contribution is -2.45. The predicted molar refractivity (Wildman–Crippen MR) is 106 cm³/mol. The first kappa shape index (κ1) is 20.1. The summed E-state index contributed by atoms with van der Waals surface area (Å²) < 4.78 is 10.7. The van der Waals surface area contributed by atoms with Crippen molar-refractivity contribution in [1.82, 2.24) is 5.32 Å². The second-order valence-corrected chi connectivity index (χ2v) is 7.26. The van der Waals surface area contributed by atoms with Crippen LogP contribution >= 0.6 is 0 Å². The number of esters is 1. The molecule has 0 aromatic heterocycles. The molecule has 0 saturated heterocycles. The van der Waals surface area contributed by atoms with E-state index < -0.39 is 31.1 Å². The Bertz CT molecular complexity index is 855. The van der Waals surface area contributed by atoms with E-state index in [1.54, 1.807) is 25.1 Å². The van der Waals surface area contributed by atoms with Crippen LogP contribution in [-0.4, -0.2) is 30.1 Å². The quantitative estimate of drug-likeness (QED) is 0.590. The highest BCUT2D eigenvalue weighted by molar-refractivity contribution is 6.61. The Morgan fingerprint density at radius 2 is 1.86 bits per heavy atom. The molecule has 1 aliphatic rings. The molecular weight excluding hydrogens is 357 g/mol. The molecule has 3 rings (SSSR count). The lowest BCUT2D eigenvalue weighted by Gasteiger charge is -2.23. The molecule has 1 heterocycles. The standard InChI is InChI=1S/C21H24BNO5/c1-13(2)19(21(25)28-14(3)15-7-5-4-6-8-15)23-20(24)16-9-10-17-12-27-22(26)18(17)11-16/h4-11,13-14,19,26H,12H2,1-3H3,(H,23,24)/t14-,19?/m0/s1. The fourth-order valence-corrected chi connectivity index (χ4v) is 3.12. The van der Waals surface area contributed by atoms with E-state index in [1.807, 2.05) is 44.2 Å². The maximum absolute atomic E-state index is 12.7. The molecule has 2 N–H and O–H groups in total. The van der Waals surface area contributed by atoms with E-state index in [0.717, 1.165) is 11.1 Å². The maximum atomic E-state index is 12.7. The molecule has 1 amide bonds. The van der Waals surface area contributed by atoms with Crippen molar-refractivity contribution in [3.05, 3.63) is 65.2 Å². The van der Waals surface area contributed by atoms with Crippen LogP contribution in [0.3, 0.4) is 0 Å². The first-order chi connectivity index (χ1) is 13.4. The molecule has 0 bridgehead atoms. The summed E-state index contributed by atoms with van der Waals surface area (Å²) >= 11 is 0. The van der Waals surface area contributed by atoms with Crippen LogP contribution in [0.25, 0.3) is 0 Å². The predicted octanol–water partition coefficient (Wildman–Crippen LogP) is 1.96. The Hall–Kier alpha value is -2.64. The lowest BCUT2D eigenvalue weighted by molar-refractivity contribution is -0.152. The van der Waals surface area contributed by atoms with E-state index in [9.17, 15) is 14.6 Å². The number of carbonyl (C=O) groups is 2. The van der Waals surface area contributed by atoms with E-state index >= 15 is 0 Å². The lowest BCUT2D eigenvalue weighted by atomic mass is 9.78. The van der Waals surface area contributed by atoms with Gasteiger partial charge in [0.05, 0.1) is 6.61 Å². The van der Waals surface area contributed by atoms with Crippen LogP contribution in [0.15, 0.2) is 48.5 Å². The Morgan fingerprint density at radius 3 is 2.54 bits per heavy atom. The summed E-state index contributed by atoms with van der Waals surface area (Å²) in [6.07, 6.45) is -0.417. The van der Waals surface area contributed by atoms with Crippen molar-refractivity contribution in [2.45, 2.75) is 39.5 Å². The van der Waals surface area contributed by atoms with Crippen molar-refractivity contribution < 1.29 is 24.0 Å². The summed E-state index contributed by atoms with van der Waals surface area (Å²) in [5.74, 6) is -1.03. The van der Waals surface area contributed by atoms with Crippen LogP contribution in [0.5, 0.6) is 0 Å². The van der Waals surface area contributed by atoms with Gasteiger partial charge in [-0.05, 0) is 41.6 Å². The average molecular weight is 381 g/mol. The molecule has 2 aromatic rings. The van der Waals surface area contributed by atoms with Gasteiger partial charge in [-0.25, -0.2) is 4.79 Å². The number of carbonyl (C=O) groups excluding carboxylic acids is 2. The zero-order valence-electron chi connectivity index (χ0n) is 16.2. The molecule has 2 atom stereocenters. The minimum absolute atomic E-state index is 0.150. The number of fused-ring (bicyclic) bond motifs is 1. The number of ether oxygens (including phenoxy) is 1. The van der Waals surface area contributed by atoms with Crippen LogP contribution in [0, 0.1) is 5.92 Å². The third-order valence-corrected chi connectivity index (χ3v) is 4.84. The van der Waals surface area contributed by atoms with Crippen molar-refractivity contribution in [2.75, 3.05) is 0 Å². The van der Waals surface area contributed by atoms with E-state index in [-0.39, 0.29) is 5.92 Å². The normalized spacial score (nSPS) is 15.1. The van der Waals surface area contributed by atoms with Gasteiger partial charge in [-0.2, -0.15) is 0 Å². The minimum atomic E-state index is -1.03. The molecule has 0 spiro atoms. The van der Waals surface area contributed by atoms with Gasteiger partial charge in [0.25, 0.3) is 5.91 Å². The molecule has 2 aromatic carbocycles. The fraction of sp³-hybridized carbons (Fsp3) is 0.333. The topological polar surface area (TPSA) is 84.9 Å². The SMILES string of the molecule is CC(C)C(NC(=O)c1ccc2c(c1)B(O)OC2)C(=O)O[C@@H](C)c1ccccc1. The van der Waals surface area contributed by atoms with Crippen LogP contribution in [0.1, 0.15) is 48.4 Å². The number of rotatable bonds is 6. The molecule has 1 unspecified atom stereocenters. The zero-order valence-corrected chi connectivity index (χ0v) is 16.2. The highest BCUT2D eigenvalue weighted by Crippen LogP contribution is 2.18. The van der Waals surface area contributed by atoms with Gasteiger partial charge in [0.2, 0.25) is 0 Å². The summed E-state index contributed by atoms with van der Waals surface area (Å²) in [4.78, 5) is 25.4. The van der Waals surface area contributed by atoms with Gasteiger partial charge in [-0.1, -0.05) is 50.2 Å².